The lowest BCUT2D eigenvalue weighted by Gasteiger charge is -2.35. The van der Waals surface area contributed by atoms with Crippen molar-refractivity contribution in [2.24, 2.45) is 0 Å². The lowest BCUT2D eigenvalue weighted by atomic mass is 10.0. The third kappa shape index (κ3) is 5.13. The molecular formula is C21H25FN2O2. The van der Waals surface area contributed by atoms with Crippen molar-refractivity contribution in [3.8, 4) is 0 Å². The topological polar surface area (TPSA) is 41.6 Å². The van der Waals surface area contributed by atoms with Gasteiger partial charge in [0.2, 0.25) is 5.91 Å². The Morgan fingerprint density at radius 3 is 2.62 bits per heavy atom. The van der Waals surface area contributed by atoms with Crippen LogP contribution in [0.4, 0.5) is 4.39 Å². The van der Waals surface area contributed by atoms with Crippen molar-refractivity contribution in [2.45, 2.75) is 19.4 Å². The summed E-state index contributed by atoms with van der Waals surface area (Å²) in [7, 11) is 0. The highest BCUT2D eigenvalue weighted by molar-refractivity contribution is 5.78. The Labute approximate surface area is 154 Å². The fourth-order valence-corrected chi connectivity index (χ4v) is 3.23. The van der Waals surface area contributed by atoms with E-state index in [1.807, 2.05) is 37.3 Å². The number of rotatable bonds is 6. The smallest absolute Gasteiger partial charge is 0.224 e. The number of nitrogens with one attached hydrogen (secondary N) is 1. The standard InChI is InChI=1S/C21H25FN2O2/c1-16-5-7-17(8-6-16)13-21(25)23-15-20(24-9-11-26-12-10-24)18-3-2-4-19(22)14-18/h2-8,14,20H,9-13,15H2,1H3,(H,23,25). The van der Waals surface area contributed by atoms with Crippen LogP contribution in [0.2, 0.25) is 0 Å². The molecule has 1 N–H and O–H groups in total. The molecule has 0 bridgehead atoms. The van der Waals surface area contributed by atoms with Crippen molar-refractivity contribution in [3.63, 3.8) is 0 Å². The lowest BCUT2D eigenvalue weighted by Crippen LogP contribution is -2.44. The summed E-state index contributed by atoms with van der Waals surface area (Å²) in [6.45, 7) is 5.33. The molecule has 1 aliphatic heterocycles. The van der Waals surface area contributed by atoms with E-state index in [9.17, 15) is 9.18 Å². The molecule has 1 fully saturated rings. The molecule has 138 valence electrons. The summed E-state index contributed by atoms with van der Waals surface area (Å²) in [4.78, 5) is 14.6. The van der Waals surface area contributed by atoms with Crippen molar-refractivity contribution in [1.82, 2.24) is 10.2 Å². The van der Waals surface area contributed by atoms with E-state index in [1.165, 1.54) is 11.6 Å². The largest absolute Gasteiger partial charge is 0.379 e. The third-order valence-electron chi connectivity index (χ3n) is 4.70. The van der Waals surface area contributed by atoms with E-state index in [4.69, 9.17) is 4.74 Å². The number of benzene rings is 2. The lowest BCUT2D eigenvalue weighted by molar-refractivity contribution is -0.120. The quantitative estimate of drug-likeness (QED) is 0.865. The zero-order valence-corrected chi connectivity index (χ0v) is 15.1. The monoisotopic (exact) mass is 356 g/mol. The number of carbonyl (C=O) groups is 1. The van der Waals surface area contributed by atoms with Gasteiger partial charge in [0.1, 0.15) is 5.82 Å². The van der Waals surface area contributed by atoms with Crippen LogP contribution in [-0.4, -0.2) is 43.7 Å². The second-order valence-electron chi connectivity index (χ2n) is 6.69. The summed E-state index contributed by atoms with van der Waals surface area (Å²) in [5.41, 5.74) is 3.04. The van der Waals surface area contributed by atoms with Crippen LogP contribution in [0.3, 0.4) is 0 Å². The fourth-order valence-electron chi connectivity index (χ4n) is 3.23. The highest BCUT2D eigenvalue weighted by Gasteiger charge is 2.23. The Balaban J connectivity index is 1.65. The highest BCUT2D eigenvalue weighted by atomic mass is 19.1. The number of hydrogen-bond donors (Lipinski definition) is 1. The molecule has 4 nitrogen and oxygen atoms in total. The maximum Gasteiger partial charge on any atom is 0.224 e. The summed E-state index contributed by atoms with van der Waals surface area (Å²) in [6.07, 6.45) is 0.346. The first kappa shape index (κ1) is 18.5. The van der Waals surface area contributed by atoms with E-state index in [2.05, 4.69) is 10.2 Å². The molecule has 1 aliphatic rings. The summed E-state index contributed by atoms with van der Waals surface area (Å²) in [5.74, 6) is -0.282. The summed E-state index contributed by atoms with van der Waals surface area (Å²) >= 11 is 0. The minimum absolute atomic E-state index is 0.0245. The minimum Gasteiger partial charge on any atom is -0.379 e. The fraction of sp³-hybridized carbons (Fsp3) is 0.381. The van der Waals surface area contributed by atoms with E-state index >= 15 is 0 Å². The van der Waals surface area contributed by atoms with Gasteiger partial charge in [-0.1, -0.05) is 42.0 Å². The second kappa shape index (κ2) is 8.92. The molecule has 5 heteroatoms. The van der Waals surface area contributed by atoms with Gasteiger partial charge in [0.25, 0.3) is 0 Å². The van der Waals surface area contributed by atoms with Gasteiger partial charge < -0.3 is 10.1 Å². The van der Waals surface area contributed by atoms with Crippen LogP contribution >= 0.6 is 0 Å². The predicted octanol–water partition coefficient (Wildman–Crippen LogP) is 2.87. The van der Waals surface area contributed by atoms with Crippen LogP contribution in [0.25, 0.3) is 0 Å². The molecule has 1 unspecified atom stereocenters. The van der Waals surface area contributed by atoms with Gasteiger partial charge in [0.05, 0.1) is 25.7 Å². The Bertz CT molecular complexity index is 727. The van der Waals surface area contributed by atoms with Crippen molar-refractivity contribution in [1.29, 1.82) is 0 Å². The van der Waals surface area contributed by atoms with Crippen LogP contribution < -0.4 is 5.32 Å². The first-order chi connectivity index (χ1) is 12.6. The van der Waals surface area contributed by atoms with Crippen LogP contribution in [0.15, 0.2) is 48.5 Å². The number of morpholine rings is 1. The van der Waals surface area contributed by atoms with Gasteiger partial charge in [0.15, 0.2) is 0 Å². The Kier molecular flexibility index (Phi) is 6.36. The molecular weight excluding hydrogens is 331 g/mol. The van der Waals surface area contributed by atoms with Crippen LogP contribution in [0, 0.1) is 12.7 Å². The zero-order chi connectivity index (χ0) is 18.4. The first-order valence-electron chi connectivity index (χ1n) is 9.01. The normalized spacial score (nSPS) is 16.2. The number of amides is 1. The number of hydrogen-bond acceptors (Lipinski definition) is 3. The first-order valence-corrected chi connectivity index (χ1v) is 9.01. The van der Waals surface area contributed by atoms with Gasteiger partial charge in [0, 0.05) is 19.6 Å². The SMILES string of the molecule is Cc1ccc(CC(=O)NCC(c2cccc(F)c2)N2CCOCC2)cc1. The molecule has 2 aromatic rings. The predicted molar refractivity (Wildman–Crippen MR) is 99.4 cm³/mol. The zero-order valence-electron chi connectivity index (χ0n) is 15.1. The maximum absolute atomic E-state index is 13.7. The van der Waals surface area contributed by atoms with Crippen molar-refractivity contribution in [3.05, 3.63) is 71.0 Å². The van der Waals surface area contributed by atoms with Gasteiger partial charge in [-0.2, -0.15) is 0 Å². The van der Waals surface area contributed by atoms with E-state index in [1.54, 1.807) is 12.1 Å². The molecule has 1 saturated heterocycles. The van der Waals surface area contributed by atoms with E-state index in [0.29, 0.717) is 26.2 Å². The van der Waals surface area contributed by atoms with Gasteiger partial charge in [-0.3, -0.25) is 9.69 Å². The average molecular weight is 356 g/mol. The number of ether oxygens (including phenoxy) is 1. The molecule has 3 rings (SSSR count). The Morgan fingerprint density at radius 1 is 1.19 bits per heavy atom. The second-order valence-corrected chi connectivity index (χ2v) is 6.69. The van der Waals surface area contributed by atoms with Crippen LogP contribution in [-0.2, 0) is 16.0 Å². The minimum atomic E-state index is -0.258. The van der Waals surface area contributed by atoms with Crippen molar-refractivity contribution >= 4 is 5.91 Å². The van der Waals surface area contributed by atoms with Crippen LogP contribution in [0.1, 0.15) is 22.7 Å². The number of carbonyl (C=O) groups excluding carboxylic acids is 1. The molecule has 1 amide bonds. The number of halogens is 1. The number of aryl methyl sites for hydroxylation is 1. The average Bonchev–Trinajstić information content (AvgIpc) is 2.65. The molecule has 0 aliphatic carbocycles. The Hall–Kier alpha value is -2.24. The molecule has 0 radical (unpaired) electrons. The van der Waals surface area contributed by atoms with Gasteiger partial charge in [-0.05, 0) is 30.2 Å². The molecule has 2 aromatic carbocycles. The summed E-state index contributed by atoms with van der Waals surface area (Å²) in [6, 6.07) is 14.5. The molecule has 1 atom stereocenters. The van der Waals surface area contributed by atoms with Crippen LogP contribution in [0.5, 0.6) is 0 Å². The van der Waals surface area contributed by atoms with E-state index < -0.39 is 0 Å². The molecule has 0 saturated carbocycles. The van der Waals surface area contributed by atoms with Gasteiger partial charge >= 0.3 is 0 Å². The molecule has 26 heavy (non-hydrogen) atoms. The van der Waals surface area contributed by atoms with E-state index in [-0.39, 0.29) is 17.8 Å². The number of nitrogens with zero attached hydrogens (tertiary/aromatic N) is 1. The third-order valence-corrected chi connectivity index (χ3v) is 4.70. The molecule has 0 aromatic heterocycles. The van der Waals surface area contributed by atoms with Gasteiger partial charge in [-0.25, -0.2) is 4.39 Å². The van der Waals surface area contributed by atoms with Gasteiger partial charge in [-0.15, -0.1) is 0 Å². The summed E-state index contributed by atoms with van der Waals surface area (Å²) in [5, 5.41) is 3.02. The highest BCUT2D eigenvalue weighted by Crippen LogP contribution is 2.22. The van der Waals surface area contributed by atoms with E-state index in [0.717, 1.165) is 24.2 Å². The molecule has 1 heterocycles. The van der Waals surface area contributed by atoms with Crippen molar-refractivity contribution in [2.75, 3.05) is 32.8 Å². The summed E-state index contributed by atoms with van der Waals surface area (Å²) < 4.78 is 19.1. The Morgan fingerprint density at radius 2 is 1.92 bits per heavy atom. The van der Waals surface area contributed by atoms with Crippen molar-refractivity contribution < 1.29 is 13.9 Å². The molecule has 0 spiro atoms. The maximum atomic E-state index is 13.7.